The largest absolute Gasteiger partial charge is 0.467 e. The van der Waals surface area contributed by atoms with Crippen LogP contribution in [0.25, 0.3) is 0 Å². The van der Waals surface area contributed by atoms with Crippen LogP contribution in [0.5, 0.6) is 0 Å². The molecule has 0 spiro atoms. The van der Waals surface area contributed by atoms with Crippen molar-refractivity contribution in [3.05, 3.63) is 47.7 Å². The van der Waals surface area contributed by atoms with Gasteiger partial charge in [-0.2, -0.15) is 0 Å². The third-order valence-electron chi connectivity index (χ3n) is 3.78. The van der Waals surface area contributed by atoms with Crippen LogP contribution in [0.3, 0.4) is 0 Å². The first-order valence-electron chi connectivity index (χ1n) is 7.51. The minimum atomic E-state index is -0.486. The van der Waals surface area contributed by atoms with Gasteiger partial charge in [0.25, 0.3) is 0 Å². The third-order valence-corrected chi connectivity index (χ3v) is 3.78. The molecule has 2 rings (SSSR count). The molecule has 0 aromatic heterocycles. The Bertz CT molecular complexity index is 575. The Morgan fingerprint density at radius 2 is 1.95 bits per heavy atom. The monoisotopic (exact) mass is 301 g/mol. The van der Waals surface area contributed by atoms with Gasteiger partial charge in [-0.05, 0) is 17.4 Å². The molecule has 1 aromatic carbocycles. The molecule has 1 aromatic rings. The lowest BCUT2D eigenvalue weighted by atomic mass is 9.78. The van der Waals surface area contributed by atoms with Gasteiger partial charge in [0.15, 0.2) is 5.78 Å². The Morgan fingerprint density at radius 3 is 2.55 bits per heavy atom. The van der Waals surface area contributed by atoms with Crippen LogP contribution in [-0.4, -0.2) is 24.9 Å². The van der Waals surface area contributed by atoms with Gasteiger partial charge in [-0.1, -0.05) is 44.2 Å². The summed E-state index contributed by atoms with van der Waals surface area (Å²) in [4.78, 5) is 23.9. The van der Waals surface area contributed by atoms with Gasteiger partial charge in [0, 0.05) is 24.6 Å². The van der Waals surface area contributed by atoms with E-state index in [4.69, 9.17) is 4.74 Å². The second kappa shape index (κ2) is 6.77. The van der Waals surface area contributed by atoms with Gasteiger partial charge in [0.1, 0.15) is 6.04 Å². The molecule has 22 heavy (non-hydrogen) atoms. The molecule has 118 valence electrons. The van der Waals surface area contributed by atoms with Crippen LogP contribution in [0.4, 0.5) is 0 Å². The van der Waals surface area contributed by atoms with Gasteiger partial charge in [0.2, 0.25) is 0 Å². The van der Waals surface area contributed by atoms with Crippen molar-refractivity contribution in [1.82, 2.24) is 5.32 Å². The lowest BCUT2D eigenvalue weighted by Crippen LogP contribution is -2.41. The van der Waals surface area contributed by atoms with Crippen LogP contribution in [0.2, 0.25) is 0 Å². The van der Waals surface area contributed by atoms with E-state index in [2.05, 4.69) is 19.2 Å². The molecule has 4 heteroatoms. The molecule has 0 fully saturated rings. The summed E-state index contributed by atoms with van der Waals surface area (Å²) in [6.07, 6.45) is 3.44. The maximum Gasteiger partial charge on any atom is 0.328 e. The van der Waals surface area contributed by atoms with E-state index in [1.165, 1.54) is 7.11 Å². The van der Waals surface area contributed by atoms with E-state index in [1.807, 2.05) is 30.3 Å². The average Bonchev–Trinajstić information content (AvgIpc) is 2.44. The molecule has 0 saturated carbocycles. The normalized spacial score (nSPS) is 18.3. The van der Waals surface area contributed by atoms with Crippen molar-refractivity contribution in [2.45, 2.75) is 39.2 Å². The Morgan fingerprint density at radius 1 is 1.27 bits per heavy atom. The highest BCUT2D eigenvalue weighted by molar-refractivity contribution is 5.92. The highest BCUT2D eigenvalue weighted by Gasteiger charge is 2.30. The first-order chi connectivity index (χ1) is 10.4. The van der Waals surface area contributed by atoms with Crippen molar-refractivity contribution >= 4 is 11.8 Å². The molecule has 1 aliphatic rings. The van der Waals surface area contributed by atoms with Crippen LogP contribution in [0, 0.1) is 5.41 Å². The number of esters is 1. The number of carbonyl (C=O) groups excluding carboxylic acids is 2. The quantitative estimate of drug-likeness (QED) is 0.850. The molecule has 0 bridgehead atoms. The summed E-state index contributed by atoms with van der Waals surface area (Å²) < 4.78 is 4.89. The lowest BCUT2D eigenvalue weighted by molar-refractivity contribution is -0.143. The topological polar surface area (TPSA) is 55.4 Å². The van der Waals surface area contributed by atoms with Crippen LogP contribution >= 0.6 is 0 Å². The van der Waals surface area contributed by atoms with E-state index in [-0.39, 0.29) is 17.2 Å². The molecule has 1 unspecified atom stereocenters. The Balaban J connectivity index is 2.13. The van der Waals surface area contributed by atoms with Crippen molar-refractivity contribution in [3.63, 3.8) is 0 Å². The van der Waals surface area contributed by atoms with Crippen molar-refractivity contribution in [2.24, 2.45) is 5.41 Å². The average molecular weight is 301 g/mol. The number of methoxy groups -OCH3 is 1. The second-order valence-corrected chi connectivity index (χ2v) is 6.56. The fourth-order valence-electron chi connectivity index (χ4n) is 2.85. The van der Waals surface area contributed by atoms with Gasteiger partial charge in [0.05, 0.1) is 7.11 Å². The smallest absolute Gasteiger partial charge is 0.328 e. The van der Waals surface area contributed by atoms with E-state index < -0.39 is 6.04 Å². The van der Waals surface area contributed by atoms with Crippen molar-refractivity contribution in [3.8, 4) is 0 Å². The van der Waals surface area contributed by atoms with Gasteiger partial charge < -0.3 is 10.1 Å². The maximum atomic E-state index is 12.0. The van der Waals surface area contributed by atoms with E-state index in [0.29, 0.717) is 12.8 Å². The molecule has 1 aliphatic carbocycles. The summed E-state index contributed by atoms with van der Waals surface area (Å²) in [6, 6.07) is 9.28. The molecule has 0 radical (unpaired) electrons. The molecule has 0 saturated heterocycles. The molecule has 1 atom stereocenters. The number of ether oxygens (including phenoxy) is 1. The lowest BCUT2D eigenvalue weighted by Gasteiger charge is -2.31. The molecule has 0 amide bonds. The standard InChI is InChI=1S/C18H23NO3/c1-18(2)11-14(10-15(20)12-18)19-16(17(21)22-3)9-13-7-5-4-6-8-13/h4-8,10,16,19H,9,11-12H2,1-3H3. The molecule has 0 heterocycles. The Kier molecular flexibility index (Phi) is 5.01. The summed E-state index contributed by atoms with van der Waals surface area (Å²) in [7, 11) is 1.38. The zero-order valence-electron chi connectivity index (χ0n) is 13.4. The molecular weight excluding hydrogens is 278 g/mol. The number of rotatable bonds is 5. The number of hydrogen-bond acceptors (Lipinski definition) is 4. The summed E-state index contributed by atoms with van der Waals surface area (Å²) in [6.45, 7) is 4.12. The Hall–Kier alpha value is -2.10. The summed E-state index contributed by atoms with van der Waals surface area (Å²) >= 11 is 0. The van der Waals surface area contributed by atoms with Crippen molar-refractivity contribution < 1.29 is 14.3 Å². The maximum absolute atomic E-state index is 12.0. The van der Waals surface area contributed by atoms with Gasteiger partial charge in [-0.15, -0.1) is 0 Å². The predicted octanol–water partition coefficient (Wildman–Crippen LogP) is 2.63. The van der Waals surface area contributed by atoms with Gasteiger partial charge in [-0.3, -0.25) is 4.79 Å². The van der Waals surface area contributed by atoms with E-state index in [9.17, 15) is 9.59 Å². The number of hydrogen-bond donors (Lipinski definition) is 1. The van der Waals surface area contributed by atoms with E-state index >= 15 is 0 Å². The van der Waals surface area contributed by atoms with Crippen LogP contribution in [-0.2, 0) is 20.7 Å². The second-order valence-electron chi connectivity index (χ2n) is 6.56. The number of carbonyl (C=O) groups is 2. The zero-order valence-corrected chi connectivity index (χ0v) is 13.4. The van der Waals surface area contributed by atoms with Crippen molar-refractivity contribution in [2.75, 3.05) is 7.11 Å². The zero-order chi connectivity index (χ0) is 16.2. The summed E-state index contributed by atoms with van der Waals surface area (Å²) in [5.41, 5.74) is 1.78. The Labute approximate surface area is 131 Å². The highest BCUT2D eigenvalue weighted by atomic mass is 16.5. The number of ketones is 1. The fourth-order valence-corrected chi connectivity index (χ4v) is 2.85. The number of benzene rings is 1. The third kappa shape index (κ3) is 4.45. The number of nitrogens with one attached hydrogen (secondary N) is 1. The first-order valence-corrected chi connectivity index (χ1v) is 7.51. The SMILES string of the molecule is COC(=O)C(Cc1ccccc1)NC1=CC(=O)CC(C)(C)C1. The van der Waals surface area contributed by atoms with Gasteiger partial charge >= 0.3 is 5.97 Å². The van der Waals surface area contributed by atoms with Gasteiger partial charge in [-0.25, -0.2) is 4.79 Å². The van der Waals surface area contributed by atoms with Crippen LogP contribution in [0.15, 0.2) is 42.1 Å². The fraction of sp³-hybridized carbons (Fsp3) is 0.444. The number of allylic oxidation sites excluding steroid dienone is 2. The van der Waals surface area contributed by atoms with Crippen molar-refractivity contribution in [1.29, 1.82) is 0 Å². The highest BCUT2D eigenvalue weighted by Crippen LogP contribution is 2.32. The van der Waals surface area contributed by atoms with E-state index in [0.717, 1.165) is 17.7 Å². The predicted molar refractivity (Wildman–Crippen MR) is 85.2 cm³/mol. The molecule has 1 N–H and O–H groups in total. The minimum absolute atomic E-state index is 0.0818. The minimum Gasteiger partial charge on any atom is -0.467 e. The van der Waals surface area contributed by atoms with E-state index in [1.54, 1.807) is 6.08 Å². The van der Waals surface area contributed by atoms with Crippen LogP contribution < -0.4 is 5.32 Å². The molecule has 0 aliphatic heterocycles. The van der Waals surface area contributed by atoms with Crippen LogP contribution in [0.1, 0.15) is 32.3 Å². The molecular formula is C18H23NO3. The molecule has 4 nitrogen and oxygen atoms in total. The first kappa shape index (κ1) is 16.3. The summed E-state index contributed by atoms with van der Waals surface area (Å²) in [5.74, 6) is -0.220. The summed E-state index contributed by atoms with van der Waals surface area (Å²) in [5, 5.41) is 3.21.